The number of rotatable bonds is 2. The van der Waals surface area contributed by atoms with Gasteiger partial charge < -0.3 is 14.9 Å². The molecule has 0 bridgehead atoms. The van der Waals surface area contributed by atoms with Gasteiger partial charge in [0.15, 0.2) is 0 Å². The molecule has 2 rings (SSSR count). The monoisotopic (exact) mass is 257 g/mol. The first-order chi connectivity index (χ1) is 7.89. The van der Waals surface area contributed by atoms with Gasteiger partial charge in [0.25, 0.3) is 0 Å². The Balaban J connectivity index is 2.46. The molecule has 1 aliphatic heterocycles. The van der Waals surface area contributed by atoms with Crippen molar-refractivity contribution in [2.45, 2.75) is 18.2 Å². The average molecular weight is 257 g/mol. The van der Waals surface area contributed by atoms with E-state index in [0.717, 1.165) is 0 Å². The van der Waals surface area contributed by atoms with E-state index in [1.165, 1.54) is 0 Å². The Morgan fingerprint density at radius 3 is 2.59 bits per heavy atom. The highest BCUT2D eigenvalue weighted by Crippen LogP contribution is 2.52. The molecule has 6 nitrogen and oxygen atoms in total. The second kappa shape index (κ2) is 4.23. The summed E-state index contributed by atoms with van der Waals surface area (Å²) in [5.74, 6) is -2.36. The van der Waals surface area contributed by atoms with Crippen LogP contribution in [0.2, 0.25) is 0 Å². The normalized spacial score (nSPS) is 24.1. The van der Waals surface area contributed by atoms with E-state index in [1.807, 2.05) is 0 Å². The van der Waals surface area contributed by atoms with Crippen molar-refractivity contribution < 1.29 is 24.3 Å². The maximum atomic E-state index is 11.4. The molecule has 0 aliphatic carbocycles. The van der Waals surface area contributed by atoms with Crippen LogP contribution in [0.25, 0.3) is 0 Å². The van der Waals surface area contributed by atoms with Crippen LogP contribution in [0.15, 0.2) is 24.3 Å². The first-order valence-corrected chi connectivity index (χ1v) is 6.69. The van der Waals surface area contributed by atoms with Gasteiger partial charge in [-0.25, -0.2) is 0 Å². The lowest BCUT2D eigenvalue weighted by Gasteiger charge is -2.31. The fourth-order valence-corrected chi connectivity index (χ4v) is 2.97. The Labute approximate surface area is 97.4 Å². The first-order valence-electron chi connectivity index (χ1n) is 5.01. The summed E-state index contributed by atoms with van der Waals surface area (Å²) in [6.07, 6.45) is 0.224. The van der Waals surface area contributed by atoms with Crippen LogP contribution < -0.4 is 5.32 Å². The molecule has 7 heteroatoms. The smallest absolute Gasteiger partial charge is 0.346 e. The van der Waals surface area contributed by atoms with Crippen molar-refractivity contribution in [2.24, 2.45) is 0 Å². The number of fused-ring (bicyclic) bond motifs is 1. The summed E-state index contributed by atoms with van der Waals surface area (Å²) in [6, 6.07) is 5.71. The average Bonchev–Trinajstić information content (AvgIpc) is 2.26. The molecule has 0 saturated carbocycles. The van der Waals surface area contributed by atoms with Gasteiger partial charge in [-0.1, -0.05) is 24.3 Å². The fourth-order valence-electron chi connectivity index (χ4n) is 1.98. The van der Waals surface area contributed by atoms with E-state index in [4.69, 9.17) is 5.11 Å². The number of hydrogen-bond donors (Lipinski definition) is 4. The van der Waals surface area contributed by atoms with Gasteiger partial charge in [0.1, 0.15) is 11.8 Å². The van der Waals surface area contributed by atoms with E-state index in [0.29, 0.717) is 11.1 Å². The minimum atomic E-state index is -4.42. The Hall–Kier alpha value is -1.20. The van der Waals surface area contributed by atoms with Gasteiger partial charge in [-0.3, -0.25) is 14.7 Å². The number of hydrogen-bond acceptors (Lipinski definition) is 3. The van der Waals surface area contributed by atoms with Gasteiger partial charge in [0, 0.05) is 0 Å². The zero-order chi connectivity index (χ0) is 12.6. The Bertz CT molecular complexity index is 497. The Morgan fingerprint density at radius 1 is 1.35 bits per heavy atom. The zero-order valence-electron chi connectivity index (χ0n) is 8.78. The third-order valence-corrected chi connectivity index (χ3v) is 3.87. The molecule has 17 heavy (non-hydrogen) atoms. The highest BCUT2D eigenvalue weighted by molar-refractivity contribution is 7.52. The van der Waals surface area contributed by atoms with Crippen molar-refractivity contribution in [3.05, 3.63) is 35.4 Å². The van der Waals surface area contributed by atoms with Gasteiger partial charge in [-0.05, 0) is 17.5 Å². The SMILES string of the molecule is O=C(O)C1Cc2ccccc2[C@H](P(=O)(O)O)N1. The van der Waals surface area contributed by atoms with E-state index in [2.05, 4.69) is 5.32 Å². The van der Waals surface area contributed by atoms with Crippen molar-refractivity contribution in [1.29, 1.82) is 0 Å². The topological polar surface area (TPSA) is 107 Å². The lowest BCUT2D eigenvalue weighted by Crippen LogP contribution is -2.44. The predicted octanol–water partition coefficient (Wildman–Crippen LogP) is 0.462. The summed E-state index contributed by atoms with van der Waals surface area (Å²) >= 11 is 0. The molecule has 0 fully saturated rings. The predicted molar refractivity (Wildman–Crippen MR) is 59.5 cm³/mol. The van der Waals surface area contributed by atoms with Crippen molar-refractivity contribution in [1.82, 2.24) is 5.32 Å². The molecule has 0 amide bonds. The molecule has 1 heterocycles. The minimum absolute atomic E-state index is 0.224. The summed E-state index contributed by atoms with van der Waals surface area (Å²) in [5.41, 5.74) is 1.13. The number of benzene rings is 1. The third kappa shape index (κ3) is 2.40. The van der Waals surface area contributed by atoms with Crippen LogP contribution in [0, 0.1) is 0 Å². The van der Waals surface area contributed by atoms with E-state index in [1.54, 1.807) is 24.3 Å². The van der Waals surface area contributed by atoms with Crippen LogP contribution in [-0.4, -0.2) is 26.9 Å². The highest BCUT2D eigenvalue weighted by Gasteiger charge is 2.39. The summed E-state index contributed by atoms with van der Waals surface area (Å²) in [7, 11) is -4.42. The number of aliphatic carboxylic acids is 1. The van der Waals surface area contributed by atoms with Crippen LogP contribution in [0.3, 0.4) is 0 Å². The van der Waals surface area contributed by atoms with Gasteiger partial charge >= 0.3 is 13.6 Å². The van der Waals surface area contributed by atoms with Crippen LogP contribution in [0.5, 0.6) is 0 Å². The number of carboxylic acid groups (broad SMARTS) is 1. The Morgan fingerprint density at radius 2 is 2.00 bits per heavy atom. The number of carbonyl (C=O) groups is 1. The fraction of sp³-hybridized carbons (Fsp3) is 0.300. The summed E-state index contributed by atoms with van der Waals surface area (Å²) in [5, 5.41) is 11.4. The maximum Gasteiger partial charge on any atom is 0.346 e. The van der Waals surface area contributed by atoms with Crippen molar-refractivity contribution in [3.8, 4) is 0 Å². The van der Waals surface area contributed by atoms with E-state index in [9.17, 15) is 19.1 Å². The second-order valence-electron chi connectivity index (χ2n) is 3.95. The quantitative estimate of drug-likeness (QED) is 0.573. The molecule has 1 aromatic carbocycles. The summed E-state index contributed by atoms with van der Waals surface area (Å²) < 4.78 is 11.4. The third-order valence-electron chi connectivity index (χ3n) is 2.77. The van der Waals surface area contributed by atoms with Gasteiger partial charge in [0.05, 0.1) is 0 Å². The van der Waals surface area contributed by atoms with E-state index in [-0.39, 0.29) is 6.42 Å². The highest BCUT2D eigenvalue weighted by atomic mass is 31.2. The van der Waals surface area contributed by atoms with E-state index >= 15 is 0 Å². The van der Waals surface area contributed by atoms with Crippen molar-refractivity contribution >= 4 is 13.6 Å². The molecule has 0 saturated heterocycles. The maximum absolute atomic E-state index is 11.4. The minimum Gasteiger partial charge on any atom is -0.480 e. The van der Waals surface area contributed by atoms with E-state index < -0.39 is 25.4 Å². The van der Waals surface area contributed by atoms with Crippen molar-refractivity contribution in [2.75, 3.05) is 0 Å². The molecule has 1 aliphatic rings. The molecule has 1 unspecified atom stereocenters. The second-order valence-corrected chi connectivity index (χ2v) is 5.65. The van der Waals surface area contributed by atoms with Crippen molar-refractivity contribution in [3.63, 3.8) is 0 Å². The largest absolute Gasteiger partial charge is 0.480 e. The van der Waals surface area contributed by atoms with Crippen LogP contribution in [0.4, 0.5) is 0 Å². The van der Waals surface area contributed by atoms with Crippen LogP contribution >= 0.6 is 7.60 Å². The standard InChI is InChI=1S/C10H12NO5P/c12-10(13)8-5-6-3-1-2-4-7(6)9(11-8)17(14,15)16/h1-4,8-9,11H,5H2,(H,12,13)(H2,14,15,16)/t8?,9-/m0/s1. The Kier molecular flexibility index (Phi) is 3.05. The molecular formula is C10H12NO5P. The lowest BCUT2D eigenvalue weighted by atomic mass is 9.96. The molecule has 0 spiro atoms. The van der Waals surface area contributed by atoms with Gasteiger partial charge in [-0.2, -0.15) is 0 Å². The molecule has 1 aromatic rings. The number of carboxylic acids is 1. The summed E-state index contributed by atoms with van der Waals surface area (Å²) in [6.45, 7) is 0. The summed E-state index contributed by atoms with van der Waals surface area (Å²) in [4.78, 5) is 29.4. The molecule has 4 N–H and O–H groups in total. The van der Waals surface area contributed by atoms with Gasteiger partial charge in [-0.15, -0.1) is 0 Å². The molecule has 2 atom stereocenters. The molecular weight excluding hydrogens is 245 g/mol. The lowest BCUT2D eigenvalue weighted by molar-refractivity contribution is -0.139. The zero-order valence-corrected chi connectivity index (χ0v) is 9.67. The van der Waals surface area contributed by atoms with Gasteiger partial charge in [0.2, 0.25) is 0 Å². The first kappa shape index (κ1) is 12.3. The molecule has 92 valence electrons. The molecule has 0 radical (unpaired) electrons. The van der Waals surface area contributed by atoms with Crippen LogP contribution in [0.1, 0.15) is 16.9 Å². The van der Waals surface area contributed by atoms with Crippen LogP contribution in [-0.2, 0) is 15.8 Å². The number of nitrogens with one attached hydrogen (secondary N) is 1. The molecule has 0 aromatic heterocycles.